The Hall–Kier alpha value is -1.79. The summed E-state index contributed by atoms with van der Waals surface area (Å²) >= 11 is 0. The number of nitrogens with two attached hydrogens (primary N) is 1. The van der Waals surface area contributed by atoms with Gasteiger partial charge in [-0.1, -0.05) is 12.7 Å². The Balaban J connectivity index is 3.09. The van der Waals surface area contributed by atoms with Crippen LogP contribution in [0.5, 0.6) is 0 Å². The molecule has 0 aromatic carbocycles. The minimum absolute atomic E-state index is 0.114. The second-order valence-corrected chi connectivity index (χ2v) is 2.73. The molecule has 3 N–H and O–H groups in total. The maximum atomic E-state index is 12.2. The molecule has 15 heavy (non-hydrogen) atoms. The van der Waals surface area contributed by atoms with Gasteiger partial charge in [0, 0.05) is 11.3 Å². The van der Waals surface area contributed by atoms with E-state index in [4.69, 9.17) is 5.73 Å². The number of rotatable bonds is 2. The molecule has 0 aliphatic heterocycles. The summed E-state index contributed by atoms with van der Waals surface area (Å²) in [7, 11) is 0. The number of allylic oxidation sites excluding steroid dienone is 2. The fraction of sp³-hybridized carbons (Fsp3) is 0.250. The number of hydrogen-bond donors (Lipinski definition) is 2. The van der Waals surface area contributed by atoms with Crippen LogP contribution in [-0.4, -0.2) is 15.2 Å². The molecule has 4 nitrogen and oxygen atoms in total. The predicted molar refractivity (Wildman–Crippen MR) is 48.4 cm³/mol. The Kier molecular flexibility index (Phi) is 2.83. The summed E-state index contributed by atoms with van der Waals surface area (Å²) in [6, 6.07) is 0. The predicted octanol–water partition coefficient (Wildman–Crippen LogP) is 1.70. The minimum Gasteiger partial charge on any atom is -0.399 e. The first-order valence-corrected chi connectivity index (χ1v) is 3.97. The van der Waals surface area contributed by atoms with Crippen LogP contribution in [0.2, 0.25) is 0 Å². The summed E-state index contributed by atoms with van der Waals surface area (Å²) in [4.78, 5) is 3.27. The fourth-order valence-electron chi connectivity index (χ4n) is 0.967. The van der Waals surface area contributed by atoms with E-state index in [2.05, 4.69) is 16.7 Å². The molecular formula is C8H9F3N4. The average molecular weight is 218 g/mol. The first-order chi connectivity index (χ1) is 6.86. The normalized spacial score (nSPS) is 12.9. The number of aromatic nitrogens is 3. The van der Waals surface area contributed by atoms with Crippen LogP contribution >= 0.6 is 0 Å². The van der Waals surface area contributed by atoms with E-state index in [1.165, 1.54) is 6.08 Å². The van der Waals surface area contributed by atoms with Gasteiger partial charge in [0.2, 0.25) is 5.82 Å². The van der Waals surface area contributed by atoms with Crippen LogP contribution in [0.1, 0.15) is 18.6 Å². The van der Waals surface area contributed by atoms with E-state index < -0.39 is 12.0 Å². The average Bonchev–Trinajstić information content (AvgIpc) is 2.52. The van der Waals surface area contributed by atoms with Gasteiger partial charge in [-0.3, -0.25) is 5.10 Å². The summed E-state index contributed by atoms with van der Waals surface area (Å²) in [5.41, 5.74) is 5.75. The zero-order valence-corrected chi connectivity index (χ0v) is 7.89. The standard InChI is InChI=1S/C8H9F3N4/c1-3-5(4(2)12)6-13-7(15-14-6)8(9,10)11/h3H,2,12H2,1H3,(H,13,14,15)/b5-3+. The summed E-state index contributed by atoms with van der Waals surface area (Å²) in [5.74, 6) is -1.27. The number of nitrogens with zero attached hydrogens (tertiary/aromatic N) is 2. The van der Waals surface area contributed by atoms with Crippen LogP contribution in [0, 0.1) is 0 Å². The third-order valence-electron chi connectivity index (χ3n) is 1.63. The quantitative estimate of drug-likeness (QED) is 0.742. The molecule has 0 bridgehead atoms. The lowest BCUT2D eigenvalue weighted by Gasteiger charge is -2.00. The Morgan fingerprint density at radius 2 is 2.13 bits per heavy atom. The van der Waals surface area contributed by atoms with Gasteiger partial charge in [-0.15, -0.1) is 0 Å². The second-order valence-electron chi connectivity index (χ2n) is 2.73. The van der Waals surface area contributed by atoms with Gasteiger partial charge in [0.1, 0.15) is 0 Å². The molecule has 7 heteroatoms. The Labute approximate surface area is 83.7 Å². The SMILES string of the molecule is C=C(N)/C(=C\C)c1n[nH]c(C(F)(F)F)n1. The van der Waals surface area contributed by atoms with Gasteiger partial charge in [0.25, 0.3) is 0 Å². The highest BCUT2D eigenvalue weighted by Crippen LogP contribution is 2.27. The molecule has 0 aliphatic carbocycles. The Bertz CT molecular complexity index is 402. The highest BCUT2D eigenvalue weighted by atomic mass is 19.4. The lowest BCUT2D eigenvalue weighted by Crippen LogP contribution is -2.07. The lowest BCUT2D eigenvalue weighted by molar-refractivity contribution is -0.144. The molecule has 0 saturated heterocycles. The molecule has 1 aromatic rings. The van der Waals surface area contributed by atoms with Gasteiger partial charge < -0.3 is 5.73 Å². The summed E-state index contributed by atoms with van der Waals surface area (Å²) in [6.45, 7) is 5.02. The van der Waals surface area contributed by atoms with Gasteiger partial charge in [-0.2, -0.15) is 18.3 Å². The molecule has 0 saturated carbocycles. The van der Waals surface area contributed by atoms with Crippen molar-refractivity contribution in [1.82, 2.24) is 15.2 Å². The number of alkyl halides is 3. The molecular weight excluding hydrogens is 209 g/mol. The molecule has 0 unspecified atom stereocenters. The van der Waals surface area contributed by atoms with Crippen molar-refractivity contribution in [3.8, 4) is 0 Å². The fourth-order valence-corrected chi connectivity index (χ4v) is 0.967. The first kappa shape index (κ1) is 11.3. The number of aromatic amines is 1. The van der Waals surface area contributed by atoms with Gasteiger partial charge in [-0.25, -0.2) is 4.98 Å². The molecule has 1 rings (SSSR count). The maximum Gasteiger partial charge on any atom is 0.451 e. The zero-order valence-electron chi connectivity index (χ0n) is 7.89. The summed E-state index contributed by atoms with van der Waals surface area (Å²) in [5, 5.41) is 5.20. The van der Waals surface area contributed by atoms with Gasteiger partial charge in [0.15, 0.2) is 5.82 Å². The van der Waals surface area contributed by atoms with Crippen molar-refractivity contribution < 1.29 is 13.2 Å². The molecule has 0 radical (unpaired) electrons. The molecule has 0 atom stereocenters. The molecule has 0 amide bonds. The molecule has 1 aromatic heterocycles. The Morgan fingerprint density at radius 3 is 2.47 bits per heavy atom. The summed E-state index contributed by atoms with van der Waals surface area (Å²) < 4.78 is 36.5. The maximum absolute atomic E-state index is 12.2. The molecule has 1 heterocycles. The van der Waals surface area contributed by atoms with Crippen LogP contribution in [0.4, 0.5) is 13.2 Å². The van der Waals surface area contributed by atoms with Crippen molar-refractivity contribution in [3.05, 3.63) is 30.0 Å². The largest absolute Gasteiger partial charge is 0.451 e. The molecule has 0 fully saturated rings. The van der Waals surface area contributed by atoms with Gasteiger partial charge >= 0.3 is 6.18 Å². The van der Waals surface area contributed by atoms with E-state index >= 15 is 0 Å². The zero-order chi connectivity index (χ0) is 11.6. The van der Waals surface area contributed by atoms with Crippen LogP contribution in [-0.2, 0) is 6.18 Å². The van der Waals surface area contributed by atoms with Crippen molar-refractivity contribution in [2.45, 2.75) is 13.1 Å². The van der Waals surface area contributed by atoms with Crippen LogP contribution in [0.15, 0.2) is 18.4 Å². The van der Waals surface area contributed by atoms with E-state index in [-0.39, 0.29) is 17.1 Å². The number of nitrogens with one attached hydrogen (secondary N) is 1. The van der Waals surface area contributed by atoms with E-state index in [1.807, 2.05) is 0 Å². The number of hydrogen-bond acceptors (Lipinski definition) is 3. The monoisotopic (exact) mass is 218 g/mol. The topological polar surface area (TPSA) is 67.6 Å². The molecule has 0 spiro atoms. The van der Waals surface area contributed by atoms with Crippen molar-refractivity contribution in [2.24, 2.45) is 5.73 Å². The summed E-state index contributed by atoms with van der Waals surface area (Å²) in [6.07, 6.45) is -3.05. The van der Waals surface area contributed by atoms with Crippen LogP contribution in [0.3, 0.4) is 0 Å². The van der Waals surface area contributed by atoms with Crippen molar-refractivity contribution in [2.75, 3.05) is 0 Å². The van der Waals surface area contributed by atoms with Crippen molar-refractivity contribution >= 4 is 5.57 Å². The lowest BCUT2D eigenvalue weighted by atomic mass is 10.2. The van der Waals surface area contributed by atoms with E-state index in [1.54, 1.807) is 12.0 Å². The minimum atomic E-state index is -4.54. The van der Waals surface area contributed by atoms with Crippen LogP contribution < -0.4 is 5.73 Å². The second kappa shape index (κ2) is 3.76. The molecule has 0 aliphatic rings. The van der Waals surface area contributed by atoms with Gasteiger partial charge in [-0.05, 0) is 6.92 Å². The highest BCUT2D eigenvalue weighted by Gasteiger charge is 2.35. The van der Waals surface area contributed by atoms with E-state index in [0.717, 1.165) is 0 Å². The van der Waals surface area contributed by atoms with E-state index in [9.17, 15) is 13.2 Å². The highest BCUT2D eigenvalue weighted by molar-refractivity contribution is 5.72. The third-order valence-corrected chi connectivity index (χ3v) is 1.63. The van der Waals surface area contributed by atoms with Crippen LogP contribution in [0.25, 0.3) is 5.57 Å². The van der Waals surface area contributed by atoms with Gasteiger partial charge in [0.05, 0.1) is 0 Å². The Morgan fingerprint density at radius 1 is 1.53 bits per heavy atom. The van der Waals surface area contributed by atoms with E-state index in [0.29, 0.717) is 0 Å². The number of halogens is 3. The molecule has 82 valence electrons. The smallest absolute Gasteiger partial charge is 0.399 e. The number of H-pyrrole nitrogens is 1. The third kappa shape index (κ3) is 2.36. The van der Waals surface area contributed by atoms with Crippen molar-refractivity contribution in [3.63, 3.8) is 0 Å². The van der Waals surface area contributed by atoms with Crippen molar-refractivity contribution in [1.29, 1.82) is 0 Å². The first-order valence-electron chi connectivity index (χ1n) is 3.97.